The second-order valence-electron chi connectivity index (χ2n) is 6.58. The summed E-state index contributed by atoms with van der Waals surface area (Å²) in [6.07, 6.45) is 6.33. The third kappa shape index (κ3) is 2.99. The van der Waals surface area contributed by atoms with Gasteiger partial charge in [-0.1, -0.05) is 18.2 Å². The molecule has 0 spiro atoms. The maximum atomic E-state index is 4.45. The molecule has 2 aromatic heterocycles. The van der Waals surface area contributed by atoms with Crippen molar-refractivity contribution in [1.29, 1.82) is 0 Å². The summed E-state index contributed by atoms with van der Waals surface area (Å²) in [5.41, 5.74) is 2.50. The van der Waals surface area contributed by atoms with E-state index in [0.29, 0.717) is 5.92 Å². The molecule has 1 fully saturated rings. The van der Waals surface area contributed by atoms with Crippen LogP contribution in [0.1, 0.15) is 30.3 Å². The van der Waals surface area contributed by atoms with Crippen molar-refractivity contribution in [1.82, 2.24) is 24.2 Å². The Morgan fingerprint density at radius 3 is 2.79 bits per heavy atom. The standard InChI is InChI=1S/C19H23N5/c1-22-11-6-10-18(22)14-23-12-5-7-16(13-23)19-21-20-15-24(19)17-8-3-2-4-9-17/h2-4,6,8-11,15-16H,5,7,12-14H2,1H3. The fourth-order valence-corrected chi connectivity index (χ4v) is 3.61. The molecule has 1 unspecified atom stereocenters. The minimum Gasteiger partial charge on any atom is -0.353 e. The molecule has 1 aliphatic heterocycles. The number of aryl methyl sites for hydroxylation is 1. The highest BCUT2D eigenvalue weighted by Crippen LogP contribution is 2.27. The summed E-state index contributed by atoms with van der Waals surface area (Å²) in [4.78, 5) is 2.54. The first-order valence-electron chi connectivity index (χ1n) is 8.59. The van der Waals surface area contributed by atoms with Crippen molar-refractivity contribution in [2.75, 3.05) is 13.1 Å². The normalized spacial score (nSPS) is 18.8. The van der Waals surface area contributed by atoms with E-state index in [1.807, 2.05) is 12.4 Å². The van der Waals surface area contributed by atoms with Crippen molar-refractivity contribution in [3.63, 3.8) is 0 Å². The van der Waals surface area contributed by atoms with E-state index >= 15 is 0 Å². The van der Waals surface area contributed by atoms with Gasteiger partial charge in [0.05, 0.1) is 0 Å². The minimum atomic E-state index is 0.432. The molecule has 124 valence electrons. The molecular formula is C19H23N5. The Hall–Kier alpha value is -2.40. The number of nitrogens with zero attached hydrogens (tertiary/aromatic N) is 5. The Kier molecular flexibility index (Phi) is 4.17. The van der Waals surface area contributed by atoms with Gasteiger partial charge in [-0.15, -0.1) is 10.2 Å². The first-order valence-corrected chi connectivity index (χ1v) is 8.59. The van der Waals surface area contributed by atoms with E-state index < -0.39 is 0 Å². The molecule has 1 aromatic carbocycles. The van der Waals surface area contributed by atoms with Gasteiger partial charge in [-0.2, -0.15) is 0 Å². The second kappa shape index (κ2) is 6.61. The van der Waals surface area contributed by atoms with Crippen LogP contribution in [0, 0.1) is 0 Å². The number of para-hydroxylation sites is 1. The molecule has 1 atom stereocenters. The monoisotopic (exact) mass is 321 g/mol. The molecule has 0 bridgehead atoms. The van der Waals surface area contributed by atoms with Gasteiger partial charge in [0, 0.05) is 43.6 Å². The predicted molar refractivity (Wildman–Crippen MR) is 94.0 cm³/mol. The van der Waals surface area contributed by atoms with E-state index in [4.69, 9.17) is 0 Å². The van der Waals surface area contributed by atoms with Gasteiger partial charge in [0.2, 0.25) is 0 Å². The summed E-state index contributed by atoms with van der Waals surface area (Å²) in [7, 11) is 2.11. The van der Waals surface area contributed by atoms with E-state index in [-0.39, 0.29) is 0 Å². The molecule has 0 radical (unpaired) electrons. The molecule has 0 N–H and O–H groups in total. The largest absolute Gasteiger partial charge is 0.353 e. The van der Waals surface area contributed by atoms with Gasteiger partial charge >= 0.3 is 0 Å². The molecule has 4 rings (SSSR count). The first-order chi connectivity index (χ1) is 11.8. The second-order valence-corrected chi connectivity index (χ2v) is 6.58. The van der Waals surface area contributed by atoms with Crippen molar-refractivity contribution in [2.24, 2.45) is 7.05 Å². The van der Waals surface area contributed by atoms with Crippen LogP contribution in [0.25, 0.3) is 5.69 Å². The van der Waals surface area contributed by atoms with Crippen molar-refractivity contribution >= 4 is 0 Å². The summed E-state index contributed by atoms with van der Waals surface area (Å²) in [6, 6.07) is 14.7. The van der Waals surface area contributed by atoms with Gasteiger partial charge < -0.3 is 4.57 Å². The summed E-state index contributed by atoms with van der Waals surface area (Å²) < 4.78 is 4.34. The number of benzene rings is 1. The summed E-state index contributed by atoms with van der Waals surface area (Å²) in [5.74, 6) is 1.51. The number of aromatic nitrogens is 4. The molecule has 5 nitrogen and oxygen atoms in total. The fraction of sp³-hybridized carbons (Fsp3) is 0.368. The molecule has 5 heteroatoms. The molecule has 3 heterocycles. The van der Waals surface area contributed by atoms with E-state index in [0.717, 1.165) is 31.1 Å². The Balaban J connectivity index is 1.53. The van der Waals surface area contributed by atoms with Gasteiger partial charge in [-0.3, -0.25) is 9.47 Å². The molecule has 1 aliphatic rings. The summed E-state index contributed by atoms with van der Waals surface area (Å²) in [5, 5.41) is 8.63. The maximum absolute atomic E-state index is 4.45. The van der Waals surface area contributed by atoms with Crippen LogP contribution in [0.3, 0.4) is 0 Å². The van der Waals surface area contributed by atoms with Crippen molar-refractivity contribution in [2.45, 2.75) is 25.3 Å². The van der Waals surface area contributed by atoms with Gasteiger partial charge in [-0.05, 0) is 43.7 Å². The Bertz CT molecular complexity index is 789. The highest BCUT2D eigenvalue weighted by molar-refractivity contribution is 5.32. The number of piperidine rings is 1. The predicted octanol–water partition coefficient (Wildman–Crippen LogP) is 2.99. The van der Waals surface area contributed by atoms with Crippen LogP contribution in [0.4, 0.5) is 0 Å². The van der Waals surface area contributed by atoms with Crippen molar-refractivity contribution in [3.8, 4) is 5.69 Å². The Labute approximate surface area is 142 Å². The zero-order valence-corrected chi connectivity index (χ0v) is 14.0. The quantitative estimate of drug-likeness (QED) is 0.741. The maximum Gasteiger partial charge on any atom is 0.141 e. The summed E-state index contributed by atoms with van der Waals surface area (Å²) in [6.45, 7) is 3.19. The number of rotatable bonds is 4. The van der Waals surface area contributed by atoms with Crippen LogP contribution in [0.15, 0.2) is 55.0 Å². The molecule has 0 saturated carbocycles. The molecule has 3 aromatic rings. The van der Waals surface area contributed by atoms with Gasteiger partial charge in [0.1, 0.15) is 12.2 Å². The lowest BCUT2D eigenvalue weighted by molar-refractivity contribution is 0.192. The lowest BCUT2D eigenvalue weighted by Gasteiger charge is -2.32. The molecule has 0 aliphatic carbocycles. The van der Waals surface area contributed by atoms with Crippen LogP contribution >= 0.6 is 0 Å². The average molecular weight is 321 g/mol. The first kappa shape index (κ1) is 15.1. The Morgan fingerprint density at radius 1 is 1.12 bits per heavy atom. The zero-order valence-electron chi connectivity index (χ0n) is 14.0. The molecule has 1 saturated heterocycles. The zero-order chi connectivity index (χ0) is 16.4. The van der Waals surface area contributed by atoms with E-state index in [1.54, 1.807) is 0 Å². The average Bonchev–Trinajstić information content (AvgIpc) is 3.26. The van der Waals surface area contributed by atoms with Crippen LogP contribution in [-0.2, 0) is 13.6 Å². The lowest BCUT2D eigenvalue weighted by atomic mass is 9.97. The summed E-state index contributed by atoms with van der Waals surface area (Å²) >= 11 is 0. The van der Waals surface area contributed by atoms with Crippen molar-refractivity contribution < 1.29 is 0 Å². The molecule has 24 heavy (non-hydrogen) atoms. The highest BCUT2D eigenvalue weighted by Gasteiger charge is 2.26. The van der Waals surface area contributed by atoms with Crippen molar-refractivity contribution in [3.05, 3.63) is 66.5 Å². The third-order valence-corrected chi connectivity index (χ3v) is 4.92. The molecule has 0 amide bonds. The Morgan fingerprint density at radius 2 is 2.00 bits per heavy atom. The van der Waals surface area contributed by atoms with E-state index in [1.165, 1.54) is 18.5 Å². The fourth-order valence-electron chi connectivity index (χ4n) is 3.61. The third-order valence-electron chi connectivity index (χ3n) is 4.92. The van der Waals surface area contributed by atoms with Crippen LogP contribution in [0.2, 0.25) is 0 Å². The van der Waals surface area contributed by atoms with Crippen LogP contribution in [0.5, 0.6) is 0 Å². The lowest BCUT2D eigenvalue weighted by Crippen LogP contribution is -2.35. The minimum absolute atomic E-state index is 0.432. The highest BCUT2D eigenvalue weighted by atomic mass is 15.3. The SMILES string of the molecule is Cn1cccc1CN1CCCC(c2nncn2-c2ccccc2)C1. The molecular weight excluding hydrogens is 298 g/mol. The van der Waals surface area contributed by atoms with Crippen LogP contribution in [-0.4, -0.2) is 37.3 Å². The number of likely N-dealkylation sites (tertiary alicyclic amines) is 1. The van der Waals surface area contributed by atoms with E-state index in [9.17, 15) is 0 Å². The topological polar surface area (TPSA) is 38.9 Å². The number of hydrogen-bond acceptors (Lipinski definition) is 3. The number of hydrogen-bond donors (Lipinski definition) is 0. The smallest absolute Gasteiger partial charge is 0.141 e. The van der Waals surface area contributed by atoms with Gasteiger partial charge in [0.15, 0.2) is 0 Å². The van der Waals surface area contributed by atoms with Gasteiger partial charge in [-0.25, -0.2) is 0 Å². The van der Waals surface area contributed by atoms with Gasteiger partial charge in [0.25, 0.3) is 0 Å². The van der Waals surface area contributed by atoms with E-state index in [2.05, 4.69) is 73.9 Å². The van der Waals surface area contributed by atoms with Crippen LogP contribution < -0.4 is 0 Å².